The number of rotatable bonds is 5. The predicted molar refractivity (Wildman–Crippen MR) is 86.7 cm³/mol. The normalized spacial score (nSPS) is 25.6. The minimum Gasteiger partial charge on any atom is -0.481 e. The Morgan fingerprint density at radius 2 is 2.08 bits per heavy atom. The van der Waals surface area contributed by atoms with Crippen molar-refractivity contribution in [2.75, 3.05) is 26.2 Å². The molecule has 1 N–H and O–H groups in total. The third-order valence-electron chi connectivity index (χ3n) is 5.56. The Balaban J connectivity index is 1.70. The van der Waals surface area contributed by atoms with E-state index >= 15 is 0 Å². The summed E-state index contributed by atoms with van der Waals surface area (Å²) in [7, 11) is 0. The third kappa shape index (κ3) is 2.69. The van der Waals surface area contributed by atoms with Gasteiger partial charge in [0.05, 0.1) is 11.6 Å². The largest absolute Gasteiger partial charge is 0.481 e. The van der Waals surface area contributed by atoms with Crippen LogP contribution in [0.5, 0.6) is 0 Å². The van der Waals surface area contributed by atoms with Crippen LogP contribution in [0.25, 0.3) is 0 Å². The Morgan fingerprint density at radius 1 is 1.36 bits per heavy atom. The molecule has 0 saturated carbocycles. The van der Waals surface area contributed by atoms with E-state index in [1.807, 2.05) is 13.8 Å². The molecule has 3 heterocycles. The maximum absolute atomic E-state index is 12.6. The lowest BCUT2D eigenvalue weighted by Crippen LogP contribution is -2.42. The standard InChI is InChI=1S/C17H23N3O5/c1-4-19-8-17(16(23)24)9-20(7-13(17)15(19)22)14(21)6-5-12-10(2)18-25-11(12)3/h13H,4-9H2,1-3H3,(H,23,24)/t13-,17+/m0/s1. The van der Waals surface area contributed by atoms with Gasteiger partial charge in [-0.1, -0.05) is 5.16 Å². The summed E-state index contributed by atoms with van der Waals surface area (Å²) in [5.41, 5.74) is 0.500. The highest BCUT2D eigenvalue weighted by molar-refractivity contribution is 5.94. The van der Waals surface area contributed by atoms with Crippen LogP contribution in [-0.2, 0) is 20.8 Å². The minimum absolute atomic E-state index is 0.0929. The SMILES string of the molecule is CCN1C[C@@]2(C(=O)O)CN(C(=O)CCc3c(C)noc3C)C[C@H]2C1=O. The number of carbonyl (C=O) groups excluding carboxylic acids is 2. The van der Waals surface area contributed by atoms with Crippen LogP contribution >= 0.6 is 0 Å². The van der Waals surface area contributed by atoms with Crippen LogP contribution in [0, 0.1) is 25.2 Å². The first-order valence-electron chi connectivity index (χ1n) is 8.52. The zero-order valence-electron chi connectivity index (χ0n) is 14.7. The number of carboxylic acid groups (broad SMARTS) is 1. The number of carboxylic acids is 1. The summed E-state index contributed by atoms with van der Waals surface area (Å²) < 4.78 is 5.10. The lowest BCUT2D eigenvalue weighted by molar-refractivity contribution is -0.150. The van der Waals surface area contributed by atoms with Gasteiger partial charge in [-0.2, -0.15) is 0 Å². The number of nitrogens with zero attached hydrogens (tertiary/aromatic N) is 3. The van der Waals surface area contributed by atoms with Crippen molar-refractivity contribution in [2.45, 2.75) is 33.6 Å². The summed E-state index contributed by atoms with van der Waals surface area (Å²) in [5, 5.41) is 13.6. The molecule has 2 fully saturated rings. The molecule has 1 aromatic rings. The van der Waals surface area contributed by atoms with Crippen LogP contribution in [0.4, 0.5) is 0 Å². The molecule has 0 unspecified atom stereocenters. The van der Waals surface area contributed by atoms with Crippen molar-refractivity contribution >= 4 is 17.8 Å². The fourth-order valence-electron chi connectivity index (χ4n) is 4.01. The second kappa shape index (κ2) is 6.16. The van der Waals surface area contributed by atoms with E-state index in [2.05, 4.69) is 5.16 Å². The molecular weight excluding hydrogens is 326 g/mol. The second-order valence-electron chi connectivity index (χ2n) is 6.94. The molecule has 0 aliphatic carbocycles. The van der Waals surface area contributed by atoms with E-state index in [9.17, 15) is 19.5 Å². The van der Waals surface area contributed by atoms with Gasteiger partial charge in [0.25, 0.3) is 0 Å². The van der Waals surface area contributed by atoms with Gasteiger partial charge in [0.2, 0.25) is 11.8 Å². The van der Waals surface area contributed by atoms with Crippen LogP contribution in [0.3, 0.4) is 0 Å². The summed E-state index contributed by atoms with van der Waals surface area (Å²) >= 11 is 0. The Labute approximate surface area is 145 Å². The molecular formula is C17H23N3O5. The van der Waals surface area contributed by atoms with E-state index < -0.39 is 17.3 Å². The molecule has 0 bridgehead atoms. The van der Waals surface area contributed by atoms with Crippen molar-refractivity contribution in [1.82, 2.24) is 15.0 Å². The number of likely N-dealkylation sites (tertiary alicyclic amines) is 2. The highest BCUT2D eigenvalue weighted by atomic mass is 16.5. The van der Waals surface area contributed by atoms with Crippen LogP contribution in [0.2, 0.25) is 0 Å². The van der Waals surface area contributed by atoms with Crippen molar-refractivity contribution in [3.05, 3.63) is 17.0 Å². The molecule has 136 valence electrons. The molecule has 3 rings (SSSR count). The number of aliphatic carboxylic acids is 1. The van der Waals surface area contributed by atoms with Gasteiger partial charge in [-0.15, -0.1) is 0 Å². The first kappa shape index (κ1) is 17.4. The summed E-state index contributed by atoms with van der Waals surface area (Å²) in [6.07, 6.45) is 0.743. The fraction of sp³-hybridized carbons (Fsp3) is 0.647. The second-order valence-corrected chi connectivity index (χ2v) is 6.94. The quantitative estimate of drug-likeness (QED) is 0.835. The maximum atomic E-state index is 12.6. The highest BCUT2D eigenvalue weighted by Crippen LogP contribution is 2.43. The molecule has 8 heteroatoms. The maximum Gasteiger partial charge on any atom is 0.314 e. The zero-order valence-corrected chi connectivity index (χ0v) is 14.7. The summed E-state index contributed by atoms with van der Waals surface area (Å²) in [6.45, 7) is 6.41. The van der Waals surface area contributed by atoms with Gasteiger partial charge in [-0.3, -0.25) is 14.4 Å². The smallest absolute Gasteiger partial charge is 0.314 e. The van der Waals surface area contributed by atoms with Crippen molar-refractivity contribution in [1.29, 1.82) is 0 Å². The summed E-state index contributed by atoms with van der Waals surface area (Å²) in [6, 6.07) is 0. The van der Waals surface area contributed by atoms with Gasteiger partial charge in [-0.25, -0.2) is 0 Å². The van der Waals surface area contributed by atoms with Crippen molar-refractivity contribution in [3.63, 3.8) is 0 Å². The lowest BCUT2D eigenvalue weighted by atomic mass is 9.81. The van der Waals surface area contributed by atoms with Crippen LogP contribution in [0.1, 0.15) is 30.4 Å². The number of carbonyl (C=O) groups is 3. The Bertz CT molecular complexity index is 708. The summed E-state index contributed by atoms with van der Waals surface area (Å²) in [5.74, 6) is -1.24. The molecule has 2 aliphatic rings. The average Bonchev–Trinajstić information content (AvgIpc) is 3.19. The van der Waals surface area contributed by atoms with Crippen LogP contribution in [0.15, 0.2) is 4.52 Å². The van der Waals surface area contributed by atoms with E-state index in [4.69, 9.17) is 4.52 Å². The molecule has 0 spiro atoms. The number of aromatic nitrogens is 1. The van der Waals surface area contributed by atoms with E-state index in [-0.39, 0.29) is 37.9 Å². The van der Waals surface area contributed by atoms with Gasteiger partial charge in [0.1, 0.15) is 11.2 Å². The Hall–Kier alpha value is -2.38. The molecule has 2 saturated heterocycles. The summed E-state index contributed by atoms with van der Waals surface area (Å²) in [4.78, 5) is 40.0. The Morgan fingerprint density at radius 3 is 2.60 bits per heavy atom. The number of fused-ring (bicyclic) bond motifs is 1. The van der Waals surface area contributed by atoms with Gasteiger partial charge < -0.3 is 19.4 Å². The average molecular weight is 349 g/mol. The van der Waals surface area contributed by atoms with Crippen LogP contribution in [-0.4, -0.2) is 64.0 Å². The molecule has 0 aromatic carbocycles. The van der Waals surface area contributed by atoms with Gasteiger partial charge in [0, 0.05) is 38.2 Å². The monoisotopic (exact) mass is 349 g/mol. The number of aryl methyl sites for hydroxylation is 2. The number of hydrogen-bond acceptors (Lipinski definition) is 5. The number of amides is 2. The molecule has 2 atom stereocenters. The molecule has 2 aliphatic heterocycles. The fourth-order valence-corrected chi connectivity index (χ4v) is 4.01. The topological polar surface area (TPSA) is 104 Å². The van der Waals surface area contributed by atoms with E-state index in [0.29, 0.717) is 18.7 Å². The molecule has 8 nitrogen and oxygen atoms in total. The van der Waals surface area contributed by atoms with Crippen molar-refractivity contribution in [2.24, 2.45) is 11.3 Å². The molecule has 25 heavy (non-hydrogen) atoms. The lowest BCUT2D eigenvalue weighted by Gasteiger charge is -2.24. The van der Waals surface area contributed by atoms with Gasteiger partial charge in [-0.05, 0) is 27.2 Å². The van der Waals surface area contributed by atoms with Crippen molar-refractivity contribution in [3.8, 4) is 0 Å². The van der Waals surface area contributed by atoms with Gasteiger partial charge >= 0.3 is 5.97 Å². The van der Waals surface area contributed by atoms with Crippen LogP contribution < -0.4 is 0 Å². The predicted octanol–water partition coefficient (Wildman–Crippen LogP) is 0.616. The highest BCUT2D eigenvalue weighted by Gasteiger charge is 2.62. The first-order valence-corrected chi connectivity index (χ1v) is 8.52. The van der Waals surface area contributed by atoms with Gasteiger partial charge in [0.15, 0.2) is 0 Å². The zero-order chi connectivity index (χ0) is 18.4. The van der Waals surface area contributed by atoms with Crippen molar-refractivity contribution < 1.29 is 24.0 Å². The van der Waals surface area contributed by atoms with E-state index in [1.54, 1.807) is 11.8 Å². The Kier molecular flexibility index (Phi) is 4.30. The van der Waals surface area contributed by atoms with E-state index in [1.165, 1.54) is 4.90 Å². The van der Waals surface area contributed by atoms with E-state index in [0.717, 1.165) is 11.3 Å². The molecule has 0 radical (unpaired) electrons. The minimum atomic E-state index is -1.17. The molecule has 1 aromatic heterocycles. The molecule has 2 amide bonds. The first-order chi connectivity index (χ1) is 11.8. The number of hydrogen-bond donors (Lipinski definition) is 1. The third-order valence-corrected chi connectivity index (χ3v) is 5.56.